The molecule has 1 aromatic carbocycles. The predicted octanol–water partition coefficient (Wildman–Crippen LogP) is 3.55. The summed E-state index contributed by atoms with van der Waals surface area (Å²) in [4.78, 5) is 2.31. The van der Waals surface area contributed by atoms with Crippen LogP contribution in [0, 0.1) is 16.7 Å². The van der Waals surface area contributed by atoms with E-state index in [0.29, 0.717) is 22.7 Å². The van der Waals surface area contributed by atoms with Gasteiger partial charge in [-0.05, 0) is 49.3 Å². The van der Waals surface area contributed by atoms with Crippen molar-refractivity contribution in [3.63, 3.8) is 0 Å². The quantitative estimate of drug-likeness (QED) is 0.824. The standard InChI is InChI=1S/C16H23N3/c1-16(2)8-6-13(7-9-16)19(3)14-5-4-12(11-17)15(18)10-14/h4-5,10,13H,6-9,18H2,1-3H3. The van der Waals surface area contributed by atoms with Crippen LogP contribution < -0.4 is 10.6 Å². The molecule has 2 N–H and O–H groups in total. The summed E-state index contributed by atoms with van der Waals surface area (Å²) in [7, 11) is 2.13. The zero-order valence-corrected chi connectivity index (χ0v) is 12.1. The van der Waals surface area contributed by atoms with Gasteiger partial charge in [0.25, 0.3) is 0 Å². The van der Waals surface area contributed by atoms with Crippen LogP contribution in [0.15, 0.2) is 18.2 Å². The number of nitrogens with zero attached hydrogens (tertiary/aromatic N) is 2. The molecule has 3 heteroatoms. The van der Waals surface area contributed by atoms with E-state index in [-0.39, 0.29) is 0 Å². The molecule has 19 heavy (non-hydrogen) atoms. The molecular formula is C16H23N3. The second-order valence-electron chi connectivity index (χ2n) is 6.39. The van der Waals surface area contributed by atoms with Crippen molar-refractivity contribution in [1.82, 2.24) is 0 Å². The Morgan fingerprint density at radius 3 is 2.47 bits per heavy atom. The Kier molecular flexibility index (Phi) is 3.71. The van der Waals surface area contributed by atoms with E-state index < -0.39 is 0 Å². The molecule has 0 aromatic heterocycles. The van der Waals surface area contributed by atoms with Crippen LogP contribution in [0.4, 0.5) is 11.4 Å². The Bertz CT molecular complexity index is 489. The van der Waals surface area contributed by atoms with E-state index in [0.717, 1.165) is 5.69 Å². The van der Waals surface area contributed by atoms with Gasteiger partial charge in [0.05, 0.1) is 11.3 Å². The van der Waals surface area contributed by atoms with Gasteiger partial charge >= 0.3 is 0 Å². The van der Waals surface area contributed by atoms with Crippen LogP contribution in [0.2, 0.25) is 0 Å². The van der Waals surface area contributed by atoms with Gasteiger partial charge < -0.3 is 10.6 Å². The second kappa shape index (κ2) is 5.13. The molecule has 0 bridgehead atoms. The maximum absolute atomic E-state index is 8.91. The lowest BCUT2D eigenvalue weighted by molar-refractivity contribution is 0.222. The largest absolute Gasteiger partial charge is 0.398 e. The fourth-order valence-corrected chi connectivity index (χ4v) is 2.85. The molecule has 102 valence electrons. The summed E-state index contributed by atoms with van der Waals surface area (Å²) < 4.78 is 0. The number of anilines is 2. The molecule has 0 heterocycles. The van der Waals surface area contributed by atoms with Crippen molar-refractivity contribution in [2.75, 3.05) is 17.7 Å². The second-order valence-corrected chi connectivity index (χ2v) is 6.39. The van der Waals surface area contributed by atoms with Gasteiger partial charge in [-0.2, -0.15) is 5.26 Å². The third-order valence-corrected chi connectivity index (χ3v) is 4.42. The Hall–Kier alpha value is -1.69. The van der Waals surface area contributed by atoms with Gasteiger partial charge in [-0.25, -0.2) is 0 Å². The van der Waals surface area contributed by atoms with E-state index in [4.69, 9.17) is 11.0 Å². The van der Waals surface area contributed by atoms with Gasteiger partial charge in [-0.15, -0.1) is 0 Å². The summed E-state index contributed by atoms with van der Waals surface area (Å²) in [5.74, 6) is 0. The van der Waals surface area contributed by atoms with Crippen LogP contribution in [0.5, 0.6) is 0 Å². The van der Waals surface area contributed by atoms with E-state index in [1.165, 1.54) is 25.7 Å². The molecule has 2 rings (SSSR count). The fraction of sp³-hybridized carbons (Fsp3) is 0.562. The van der Waals surface area contributed by atoms with E-state index in [2.05, 4.69) is 31.9 Å². The van der Waals surface area contributed by atoms with Crippen LogP contribution in [0.3, 0.4) is 0 Å². The first kappa shape index (κ1) is 13.7. The molecule has 0 spiro atoms. The van der Waals surface area contributed by atoms with Crippen molar-refractivity contribution in [3.05, 3.63) is 23.8 Å². The maximum atomic E-state index is 8.91. The van der Waals surface area contributed by atoms with Crippen LogP contribution in [0.25, 0.3) is 0 Å². The van der Waals surface area contributed by atoms with Crippen LogP contribution >= 0.6 is 0 Å². The summed E-state index contributed by atoms with van der Waals surface area (Å²) in [6, 6.07) is 8.41. The first-order valence-corrected chi connectivity index (χ1v) is 6.95. The molecule has 0 atom stereocenters. The highest BCUT2D eigenvalue weighted by atomic mass is 15.1. The maximum Gasteiger partial charge on any atom is 0.101 e. The highest BCUT2D eigenvalue weighted by Gasteiger charge is 2.28. The summed E-state index contributed by atoms with van der Waals surface area (Å²) in [6.45, 7) is 4.70. The highest BCUT2D eigenvalue weighted by molar-refractivity contribution is 5.63. The molecule has 1 aromatic rings. The smallest absolute Gasteiger partial charge is 0.101 e. The molecule has 1 fully saturated rings. The first-order chi connectivity index (χ1) is 8.93. The summed E-state index contributed by atoms with van der Waals surface area (Å²) in [6.07, 6.45) is 4.99. The number of nitrogen functional groups attached to an aromatic ring is 1. The molecular weight excluding hydrogens is 234 g/mol. The lowest BCUT2D eigenvalue weighted by atomic mass is 9.75. The number of nitriles is 1. The van der Waals surface area contributed by atoms with Gasteiger partial charge in [0.2, 0.25) is 0 Å². The fourth-order valence-electron chi connectivity index (χ4n) is 2.85. The molecule has 0 radical (unpaired) electrons. The van der Waals surface area contributed by atoms with E-state index in [1.54, 1.807) is 0 Å². The number of hydrogen-bond donors (Lipinski definition) is 1. The highest BCUT2D eigenvalue weighted by Crippen LogP contribution is 2.37. The van der Waals surface area contributed by atoms with E-state index in [9.17, 15) is 0 Å². The van der Waals surface area contributed by atoms with Crippen molar-refractivity contribution in [3.8, 4) is 6.07 Å². The average Bonchev–Trinajstić information content (AvgIpc) is 2.38. The molecule has 1 aliphatic carbocycles. The molecule has 1 saturated carbocycles. The predicted molar refractivity (Wildman–Crippen MR) is 80.0 cm³/mol. The van der Waals surface area contributed by atoms with Crippen molar-refractivity contribution in [1.29, 1.82) is 5.26 Å². The Balaban J connectivity index is 2.10. The summed E-state index contributed by atoms with van der Waals surface area (Å²) >= 11 is 0. The van der Waals surface area contributed by atoms with Gasteiger partial charge in [-0.1, -0.05) is 13.8 Å². The minimum Gasteiger partial charge on any atom is -0.398 e. The first-order valence-electron chi connectivity index (χ1n) is 6.95. The van der Waals surface area contributed by atoms with Crippen molar-refractivity contribution >= 4 is 11.4 Å². The van der Waals surface area contributed by atoms with Crippen molar-refractivity contribution in [2.45, 2.75) is 45.6 Å². The molecule has 0 aliphatic heterocycles. The number of hydrogen-bond acceptors (Lipinski definition) is 3. The summed E-state index contributed by atoms with van der Waals surface area (Å²) in [5, 5.41) is 8.91. The zero-order chi connectivity index (χ0) is 14.0. The van der Waals surface area contributed by atoms with Crippen LogP contribution in [-0.2, 0) is 0 Å². The SMILES string of the molecule is CN(c1ccc(C#N)c(N)c1)C1CCC(C)(C)CC1. The van der Waals surface area contributed by atoms with Crippen molar-refractivity contribution < 1.29 is 0 Å². The Morgan fingerprint density at radius 1 is 1.32 bits per heavy atom. The van der Waals surface area contributed by atoms with E-state index in [1.807, 2.05) is 18.2 Å². The van der Waals surface area contributed by atoms with Crippen LogP contribution in [-0.4, -0.2) is 13.1 Å². The lowest BCUT2D eigenvalue weighted by Gasteiger charge is -2.39. The molecule has 0 unspecified atom stereocenters. The Labute approximate surface area is 116 Å². The minimum atomic E-state index is 0.487. The molecule has 0 amide bonds. The number of nitrogens with two attached hydrogens (primary N) is 1. The zero-order valence-electron chi connectivity index (χ0n) is 12.1. The van der Waals surface area contributed by atoms with E-state index >= 15 is 0 Å². The van der Waals surface area contributed by atoms with Gasteiger partial charge in [0, 0.05) is 18.8 Å². The molecule has 3 nitrogen and oxygen atoms in total. The Morgan fingerprint density at radius 2 is 1.95 bits per heavy atom. The third kappa shape index (κ3) is 3.01. The van der Waals surface area contributed by atoms with Gasteiger partial charge in [0.15, 0.2) is 0 Å². The molecule has 1 aliphatic rings. The van der Waals surface area contributed by atoms with Gasteiger partial charge in [0.1, 0.15) is 6.07 Å². The monoisotopic (exact) mass is 257 g/mol. The molecule has 0 saturated heterocycles. The summed E-state index contributed by atoms with van der Waals surface area (Å²) in [5.41, 5.74) is 8.62. The normalized spacial score (nSPS) is 18.8. The third-order valence-electron chi connectivity index (χ3n) is 4.42. The lowest BCUT2D eigenvalue weighted by Crippen LogP contribution is -2.37. The average molecular weight is 257 g/mol. The minimum absolute atomic E-state index is 0.487. The number of rotatable bonds is 2. The van der Waals surface area contributed by atoms with Gasteiger partial charge in [-0.3, -0.25) is 0 Å². The van der Waals surface area contributed by atoms with Crippen molar-refractivity contribution in [2.24, 2.45) is 5.41 Å². The number of benzene rings is 1. The topological polar surface area (TPSA) is 53.0 Å². The van der Waals surface area contributed by atoms with Crippen LogP contribution in [0.1, 0.15) is 45.1 Å².